The molecular formula is C24H36N8O. The van der Waals surface area contributed by atoms with Crippen LogP contribution in [0.2, 0.25) is 0 Å². The summed E-state index contributed by atoms with van der Waals surface area (Å²) >= 11 is 0. The number of hydrogen-bond donors (Lipinski definition) is 3. The number of amides is 1. The van der Waals surface area contributed by atoms with E-state index in [0.29, 0.717) is 18.5 Å². The highest BCUT2D eigenvalue weighted by molar-refractivity contribution is 5.99. The number of nitrogens with one attached hydrogen (secondary N) is 3. The summed E-state index contributed by atoms with van der Waals surface area (Å²) in [5.41, 5.74) is 1.58. The predicted octanol–water partition coefficient (Wildman–Crippen LogP) is 1.57. The van der Waals surface area contributed by atoms with Crippen molar-refractivity contribution in [1.82, 2.24) is 35.0 Å². The zero-order chi connectivity index (χ0) is 22.4. The Morgan fingerprint density at radius 3 is 2.70 bits per heavy atom. The highest BCUT2D eigenvalue weighted by Gasteiger charge is 2.41. The van der Waals surface area contributed by atoms with Crippen LogP contribution in [-0.4, -0.2) is 88.8 Å². The molecule has 1 aliphatic carbocycles. The summed E-state index contributed by atoms with van der Waals surface area (Å²) in [6.45, 7) is 6.34. The molecule has 0 radical (unpaired) electrons. The fourth-order valence-electron chi connectivity index (χ4n) is 6.35. The van der Waals surface area contributed by atoms with Crippen LogP contribution in [0.15, 0.2) is 12.3 Å². The summed E-state index contributed by atoms with van der Waals surface area (Å²) in [5, 5.41) is 11.3. The Kier molecular flexibility index (Phi) is 5.50. The van der Waals surface area contributed by atoms with Crippen LogP contribution in [0, 0.1) is 0 Å². The van der Waals surface area contributed by atoms with Gasteiger partial charge in [-0.15, -0.1) is 0 Å². The minimum Gasteiger partial charge on any atom is -0.348 e. The molecule has 2 aromatic rings. The van der Waals surface area contributed by atoms with Gasteiger partial charge in [-0.2, -0.15) is 4.98 Å². The molecule has 2 aromatic heterocycles. The Balaban J connectivity index is 1.19. The monoisotopic (exact) mass is 452 g/mol. The number of carbonyl (C=O) groups is 1. The largest absolute Gasteiger partial charge is 0.348 e. The number of anilines is 1. The Labute approximate surface area is 195 Å². The van der Waals surface area contributed by atoms with Gasteiger partial charge in [0.1, 0.15) is 11.3 Å². The van der Waals surface area contributed by atoms with E-state index in [9.17, 15) is 4.79 Å². The first-order valence-corrected chi connectivity index (χ1v) is 12.7. The topological polar surface area (TPSA) is 90.3 Å². The van der Waals surface area contributed by atoms with Gasteiger partial charge >= 0.3 is 0 Å². The second-order valence-electron chi connectivity index (χ2n) is 10.5. The molecule has 3 aliphatic heterocycles. The van der Waals surface area contributed by atoms with Gasteiger partial charge in [0.25, 0.3) is 5.91 Å². The highest BCUT2D eigenvalue weighted by atomic mass is 16.2. The number of piperazine rings is 1. The molecule has 9 nitrogen and oxygen atoms in total. The molecule has 1 amide bonds. The first-order chi connectivity index (χ1) is 16.1. The molecule has 3 N–H and O–H groups in total. The van der Waals surface area contributed by atoms with Crippen molar-refractivity contribution in [2.24, 2.45) is 0 Å². The third-order valence-electron chi connectivity index (χ3n) is 8.36. The third kappa shape index (κ3) is 3.90. The van der Waals surface area contributed by atoms with Gasteiger partial charge < -0.3 is 20.1 Å². The Bertz CT molecular complexity index is 1010. The van der Waals surface area contributed by atoms with E-state index in [1.54, 1.807) is 0 Å². The lowest BCUT2D eigenvalue weighted by molar-refractivity contribution is 0.0833. The molecule has 3 fully saturated rings. The number of carbonyl (C=O) groups excluding carboxylic acids is 1. The molecular weight excluding hydrogens is 416 g/mol. The fourth-order valence-corrected chi connectivity index (χ4v) is 6.35. The SMILES string of the molecule is CN1CCN(C2CCC(Nc3ncc4cc5n(c4n3)C3(CCCCC3)CNC5=O)NC2)CC1. The Hall–Kier alpha value is -2.23. The minimum atomic E-state index is -0.0479. The van der Waals surface area contributed by atoms with E-state index in [4.69, 9.17) is 4.98 Å². The minimum absolute atomic E-state index is 0.00241. The van der Waals surface area contributed by atoms with Gasteiger partial charge in [0.2, 0.25) is 5.95 Å². The van der Waals surface area contributed by atoms with Crippen LogP contribution in [0.25, 0.3) is 11.0 Å². The molecule has 0 bridgehead atoms. The Morgan fingerprint density at radius 2 is 1.94 bits per heavy atom. The zero-order valence-electron chi connectivity index (χ0n) is 19.6. The number of rotatable bonds is 3. The lowest BCUT2D eigenvalue weighted by atomic mass is 9.80. The molecule has 5 heterocycles. The lowest BCUT2D eigenvalue weighted by Crippen LogP contribution is -2.56. The molecule has 33 heavy (non-hydrogen) atoms. The molecule has 2 saturated heterocycles. The number of piperidine rings is 1. The lowest BCUT2D eigenvalue weighted by Gasteiger charge is -2.43. The Morgan fingerprint density at radius 1 is 1.12 bits per heavy atom. The van der Waals surface area contributed by atoms with Crippen LogP contribution in [0.3, 0.4) is 0 Å². The van der Waals surface area contributed by atoms with Crippen LogP contribution in [-0.2, 0) is 5.54 Å². The van der Waals surface area contributed by atoms with Crippen molar-refractivity contribution < 1.29 is 4.79 Å². The third-order valence-corrected chi connectivity index (χ3v) is 8.36. The van der Waals surface area contributed by atoms with Gasteiger partial charge in [-0.1, -0.05) is 19.3 Å². The zero-order valence-corrected chi connectivity index (χ0v) is 19.6. The quantitative estimate of drug-likeness (QED) is 0.651. The number of aromatic nitrogens is 3. The molecule has 178 valence electrons. The number of hydrogen-bond acceptors (Lipinski definition) is 7. The van der Waals surface area contributed by atoms with Crippen molar-refractivity contribution in [3.05, 3.63) is 18.0 Å². The number of likely N-dealkylation sites (N-methyl/N-ethyl adjacent to an activating group) is 1. The predicted molar refractivity (Wildman–Crippen MR) is 128 cm³/mol. The van der Waals surface area contributed by atoms with Crippen molar-refractivity contribution in [2.75, 3.05) is 51.6 Å². The van der Waals surface area contributed by atoms with Crippen molar-refractivity contribution in [1.29, 1.82) is 0 Å². The maximum Gasteiger partial charge on any atom is 0.268 e. The summed E-state index contributed by atoms with van der Waals surface area (Å²) < 4.78 is 2.24. The average molecular weight is 453 g/mol. The molecule has 6 rings (SSSR count). The molecule has 9 heteroatoms. The molecule has 0 aromatic carbocycles. The van der Waals surface area contributed by atoms with E-state index in [1.165, 1.54) is 25.7 Å². The molecule has 1 spiro atoms. The van der Waals surface area contributed by atoms with E-state index in [0.717, 1.165) is 68.7 Å². The van der Waals surface area contributed by atoms with Crippen molar-refractivity contribution in [3.63, 3.8) is 0 Å². The number of fused-ring (bicyclic) bond motifs is 4. The van der Waals surface area contributed by atoms with Gasteiger partial charge in [-0.3, -0.25) is 15.0 Å². The summed E-state index contributed by atoms with van der Waals surface area (Å²) in [4.78, 5) is 27.2. The maximum absolute atomic E-state index is 12.6. The number of nitrogens with zero attached hydrogens (tertiary/aromatic N) is 5. The van der Waals surface area contributed by atoms with Crippen LogP contribution >= 0.6 is 0 Å². The summed E-state index contributed by atoms with van der Waals surface area (Å²) in [6.07, 6.45) is 10.1. The first kappa shape index (κ1) is 21.3. The van der Waals surface area contributed by atoms with Crippen molar-refractivity contribution >= 4 is 22.9 Å². The van der Waals surface area contributed by atoms with Gasteiger partial charge in [-0.05, 0) is 38.8 Å². The highest BCUT2D eigenvalue weighted by Crippen LogP contribution is 2.40. The van der Waals surface area contributed by atoms with Gasteiger partial charge in [0.15, 0.2) is 0 Å². The van der Waals surface area contributed by atoms with Crippen LogP contribution in [0.5, 0.6) is 0 Å². The second-order valence-corrected chi connectivity index (χ2v) is 10.5. The standard InChI is InChI=1S/C24H36N8O/c1-30-9-11-31(12-10-30)18-5-6-20(25-15-18)28-23-26-14-17-13-19-22(33)27-16-24(7-3-2-4-8-24)32(19)21(17)29-23/h13-14,18,20,25H,2-12,15-16H2,1H3,(H,27,33)(H,26,28,29). The normalized spacial score (nSPS) is 28.6. The van der Waals surface area contributed by atoms with E-state index in [1.807, 2.05) is 12.3 Å². The average Bonchev–Trinajstić information content (AvgIpc) is 3.24. The van der Waals surface area contributed by atoms with E-state index in [2.05, 4.69) is 42.3 Å². The molecule has 4 aliphatic rings. The first-order valence-electron chi connectivity index (χ1n) is 12.7. The van der Waals surface area contributed by atoms with Crippen LogP contribution in [0.1, 0.15) is 55.4 Å². The second kappa shape index (κ2) is 8.52. The van der Waals surface area contributed by atoms with Gasteiger partial charge in [0, 0.05) is 56.9 Å². The van der Waals surface area contributed by atoms with Crippen LogP contribution < -0.4 is 16.0 Å². The molecule has 2 unspecified atom stereocenters. The van der Waals surface area contributed by atoms with E-state index in [-0.39, 0.29) is 17.6 Å². The smallest absolute Gasteiger partial charge is 0.268 e. The van der Waals surface area contributed by atoms with Crippen molar-refractivity contribution in [2.45, 2.75) is 62.7 Å². The van der Waals surface area contributed by atoms with Crippen molar-refractivity contribution in [3.8, 4) is 0 Å². The maximum atomic E-state index is 12.6. The fraction of sp³-hybridized carbons (Fsp3) is 0.708. The summed E-state index contributed by atoms with van der Waals surface area (Å²) in [7, 11) is 2.21. The van der Waals surface area contributed by atoms with Gasteiger partial charge in [-0.25, -0.2) is 4.98 Å². The summed E-state index contributed by atoms with van der Waals surface area (Å²) in [6, 6.07) is 2.58. The van der Waals surface area contributed by atoms with Gasteiger partial charge in [0.05, 0.1) is 11.7 Å². The molecule has 2 atom stereocenters. The van der Waals surface area contributed by atoms with E-state index >= 15 is 0 Å². The summed E-state index contributed by atoms with van der Waals surface area (Å²) in [5.74, 6) is 0.651. The van der Waals surface area contributed by atoms with E-state index < -0.39 is 0 Å². The molecule has 1 saturated carbocycles. The van der Waals surface area contributed by atoms with Crippen LogP contribution in [0.4, 0.5) is 5.95 Å².